The summed E-state index contributed by atoms with van der Waals surface area (Å²) in [7, 11) is 0. The summed E-state index contributed by atoms with van der Waals surface area (Å²) in [6.07, 6.45) is 0. The van der Waals surface area contributed by atoms with Gasteiger partial charge >= 0.3 is 0 Å². The summed E-state index contributed by atoms with van der Waals surface area (Å²) in [4.78, 5) is 0. The first-order valence-electron chi connectivity index (χ1n) is 4.93. The average Bonchev–Trinajstić information content (AvgIpc) is 2.34. The van der Waals surface area contributed by atoms with Crippen LogP contribution in [0.5, 0.6) is 11.5 Å². The van der Waals surface area contributed by atoms with Crippen LogP contribution in [0.2, 0.25) is 15.1 Å². The molecule has 0 amide bonds. The van der Waals surface area contributed by atoms with Gasteiger partial charge in [-0.15, -0.1) is 0 Å². The fraction of sp³-hybridized carbons (Fsp3) is 0. The van der Waals surface area contributed by atoms with Gasteiger partial charge in [0.15, 0.2) is 0 Å². The molecule has 5 heteroatoms. The van der Waals surface area contributed by atoms with Crippen LogP contribution in [0.25, 0.3) is 0 Å². The largest absolute Gasteiger partial charge is 0.454 e. The quantitative estimate of drug-likeness (QED) is 0.752. The zero-order chi connectivity index (χ0) is 13.1. The predicted octanol–water partition coefficient (Wildman–Crippen LogP) is 5.31. The molecule has 0 N–H and O–H groups in total. The highest BCUT2D eigenvalue weighted by molar-refractivity contribution is 6.34. The molecule has 0 atom stereocenters. The summed E-state index contributed by atoms with van der Waals surface area (Å²) < 4.78 is 5.57. The number of hydrogen-bond acceptors (Lipinski definition) is 2. The van der Waals surface area contributed by atoms with Gasteiger partial charge in [-0.2, -0.15) is 5.26 Å². The van der Waals surface area contributed by atoms with Crippen LogP contribution in [0.4, 0.5) is 0 Å². The van der Waals surface area contributed by atoms with Crippen molar-refractivity contribution in [1.29, 1.82) is 5.26 Å². The van der Waals surface area contributed by atoms with Gasteiger partial charge in [0.25, 0.3) is 0 Å². The Morgan fingerprint density at radius 2 is 1.72 bits per heavy atom. The Kier molecular flexibility index (Phi) is 3.98. The minimum atomic E-state index is 0.259. The van der Waals surface area contributed by atoms with Gasteiger partial charge in [-0.25, -0.2) is 0 Å². The van der Waals surface area contributed by atoms with Crippen molar-refractivity contribution < 1.29 is 4.74 Å². The molecule has 0 saturated heterocycles. The first-order valence-corrected chi connectivity index (χ1v) is 6.06. The molecule has 0 radical (unpaired) electrons. The summed E-state index contributed by atoms with van der Waals surface area (Å²) in [6, 6.07) is 11.8. The molecule has 0 bridgehead atoms. The summed E-state index contributed by atoms with van der Waals surface area (Å²) in [5, 5.41) is 10.3. The van der Waals surface area contributed by atoms with Crippen LogP contribution in [0, 0.1) is 11.3 Å². The monoisotopic (exact) mass is 297 g/mol. The van der Waals surface area contributed by atoms with Crippen molar-refractivity contribution in [3.8, 4) is 17.6 Å². The standard InChI is InChI=1S/C13H6Cl3NO/c14-8-4-5-11(16)13(6-8)18-12-3-1-2-10(15)9(12)7-17/h1-6H. The summed E-state index contributed by atoms with van der Waals surface area (Å²) in [5.41, 5.74) is 0.259. The number of ether oxygens (including phenoxy) is 1. The van der Waals surface area contributed by atoms with E-state index in [4.69, 9.17) is 44.8 Å². The van der Waals surface area contributed by atoms with Crippen LogP contribution < -0.4 is 4.74 Å². The SMILES string of the molecule is N#Cc1c(Cl)cccc1Oc1cc(Cl)ccc1Cl. The summed E-state index contributed by atoms with van der Waals surface area (Å²) >= 11 is 17.7. The number of halogens is 3. The Balaban J connectivity index is 2.44. The minimum Gasteiger partial charge on any atom is -0.454 e. The Bertz CT molecular complexity index is 635. The number of rotatable bonds is 2. The van der Waals surface area contributed by atoms with Crippen molar-refractivity contribution in [2.45, 2.75) is 0 Å². The highest BCUT2D eigenvalue weighted by Crippen LogP contribution is 2.35. The molecule has 2 aromatic carbocycles. The molecule has 2 nitrogen and oxygen atoms in total. The van der Waals surface area contributed by atoms with Crippen LogP contribution in [-0.4, -0.2) is 0 Å². The molecular weight excluding hydrogens is 293 g/mol. The van der Waals surface area contributed by atoms with Crippen molar-refractivity contribution in [2.24, 2.45) is 0 Å². The zero-order valence-electron chi connectivity index (χ0n) is 8.95. The summed E-state index contributed by atoms with van der Waals surface area (Å²) in [5.74, 6) is 0.720. The van der Waals surface area contributed by atoms with Gasteiger partial charge in [0.1, 0.15) is 23.1 Å². The molecule has 0 aliphatic heterocycles. The van der Waals surface area contributed by atoms with E-state index in [2.05, 4.69) is 0 Å². The lowest BCUT2D eigenvalue weighted by Gasteiger charge is -2.09. The number of hydrogen-bond donors (Lipinski definition) is 0. The second-order valence-corrected chi connectivity index (χ2v) is 4.65. The third-order valence-corrected chi connectivity index (χ3v) is 3.06. The highest BCUT2D eigenvalue weighted by Gasteiger charge is 2.10. The first kappa shape index (κ1) is 13.0. The number of benzene rings is 2. The Labute approximate surface area is 119 Å². The topological polar surface area (TPSA) is 33.0 Å². The molecule has 0 spiro atoms. The smallest absolute Gasteiger partial charge is 0.147 e. The second kappa shape index (κ2) is 5.49. The van der Waals surface area contributed by atoms with E-state index in [1.165, 1.54) is 0 Å². The van der Waals surface area contributed by atoms with Crippen LogP contribution >= 0.6 is 34.8 Å². The molecular formula is C13H6Cl3NO. The molecule has 0 unspecified atom stereocenters. The molecule has 0 fully saturated rings. The maximum absolute atomic E-state index is 9.03. The van der Waals surface area contributed by atoms with E-state index in [0.29, 0.717) is 26.6 Å². The third kappa shape index (κ3) is 2.70. The van der Waals surface area contributed by atoms with Crippen LogP contribution in [0.1, 0.15) is 5.56 Å². The lowest BCUT2D eigenvalue weighted by Crippen LogP contribution is -1.89. The van der Waals surface area contributed by atoms with E-state index >= 15 is 0 Å². The highest BCUT2D eigenvalue weighted by atomic mass is 35.5. The predicted molar refractivity (Wildman–Crippen MR) is 72.7 cm³/mol. The Morgan fingerprint density at radius 3 is 2.44 bits per heavy atom. The van der Waals surface area contributed by atoms with E-state index in [9.17, 15) is 0 Å². The third-order valence-electron chi connectivity index (χ3n) is 2.20. The second-order valence-electron chi connectivity index (χ2n) is 3.40. The van der Waals surface area contributed by atoms with Crippen molar-refractivity contribution in [3.05, 3.63) is 57.0 Å². The van der Waals surface area contributed by atoms with Gasteiger partial charge in [0, 0.05) is 11.1 Å². The fourth-order valence-corrected chi connectivity index (χ4v) is 1.90. The van der Waals surface area contributed by atoms with Gasteiger partial charge in [0.2, 0.25) is 0 Å². The molecule has 0 heterocycles. The molecule has 0 aliphatic rings. The lowest BCUT2D eigenvalue weighted by molar-refractivity contribution is 0.481. The van der Waals surface area contributed by atoms with Gasteiger partial charge < -0.3 is 4.74 Å². The average molecular weight is 299 g/mol. The van der Waals surface area contributed by atoms with Crippen molar-refractivity contribution in [2.75, 3.05) is 0 Å². The minimum absolute atomic E-state index is 0.259. The normalized spacial score (nSPS) is 9.89. The zero-order valence-corrected chi connectivity index (χ0v) is 11.2. The number of nitriles is 1. The Morgan fingerprint density at radius 1 is 0.944 bits per heavy atom. The van der Waals surface area contributed by atoms with Gasteiger partial charge in [-0.3, -0.25) is 0 Å². The number of nitrogens with zero attached hydrogens (tertiary/aromatic N) is 1. The fourth-order valence-electron chi connectivity index (χ4n) is 1.37. The molecule has 2 rings (SSSR count). The van der Waals surface area contributed by atoms with Crippen LogP contribution in [0.3, 0.4) is 0 Å². The van der Waals surface area contributed by atoms with E-state index in [0.717, 1.165) is 0 Å². The molecule has 0 aliphatic carbocycles. The van der Waals surface area contributed by atoms with E-state index in [1.807, 2.05) is 6.07 Å². The van der Waals surface area contributed by atoms with Gasteiger partial charge in [-0.1, -0.05) is 40.9 Å². The van der Waals surface area contributed by atoms with Crippen molar-refractivity contribution >= 4 is 34.8 Å². The van der Waals surface area contributed by atoms with Crippen LogP contribution in [-0.2, 0) is 0 Å². The maximum Gasteiger partial charge on any atom is 0.147 e. The van der Waals surface area contributed by atoms with E-state index < -0.39 is 0 Å². The molecule has 0 aromatic heterocycles. The Hall–Kier alpha value is -1.40. The molecule has 18 heavy (non-hydrogen) atoms. The van der Waals surface area contributed by atoms with Crippen molar-refractivity contribution in [3.63, 3.8) is 0 Å². The summed E-state index contributed by atoms with van der Waals surface area (Å²) in [6.45, 7) is 0. The van der Waals surface area contributed by atoms with Crippen molar-refractivity contribution in [1.82, 2.24) is 0 Å². The first-order chi connectivity index (χ1) is 8.61. The van der Waals surface area contributed by atoms with E-state index in [-0.39, 0.29) is 5.56 Å². The van der Waals surface area contributed by atoms with E-state index in [1.54, 1.807) is 36.4 Å². The molecule has 0 saturated carbocycles. The molecule has 90 valence electrons. The van der Waals surface area contributed by atoms with Crippen LogP contribution in [0.15, 0.2) is 36.4 Å². The maximum atomic E-state index is 9.03. The molecule has 2 aromatic rings. The van der Waals surface area contributed by atoms with Gasteiger partial charge in [-0.05, 0) is 24.3 Å². The van der Waals surface area contributed by atoms with Gasteiger partial charge in [0.05, 0.1) is 10.0 Å². The lowest BCUT2D eigenvalue weighted by atomic mass is 10.2.